The molecule has 4 nitrogen and oxygen atoms in total. The average Bonchev–Trinajstić information content (AvgIpc) is 2.17. The van der Waals surface area contributed by atoms with Crippen LogP contribution in [0.25, 0.3) is 0 Å². The van der Waals surface area contributed by atoms with Gasteiger partial charge in [0.15, 0.2) is 0 Å². The summed E-state index contributed by atoms with van der Waals surface area (Å²) < 4.78 is 4.86. The van der Waals surface area contributed by atoms with Gasteiger partial charge < -0.3 is 4.74 Å². The van der Waals surface area contributed by atoms with Crippen LogP contribution in [0.4, 0.5) is 0 Å². The van der Waals surface area contributed by atoms with E-state index >= 15 is 0 Å². The summed E-state index contributed by atoms with van der Waals surface area (Å²) in [5, 5.41) is 10.3. The van der Waals surface area contributed by atoms with Gasteiger partial charge in [0.25, 0.3) is 0 Å². The van der Waals surface area contributed by atoms with Crippen LogP contribution in [0.2, 0.25) is 0 Å². The molecule has 0 aromatic heterocycles. The summed E-state index contributed by atoms with van der Waals surface area (Å²) in [4.78, 5) is 21.5. The lowest BCUT2D eigenvalue weighted by atomic mass is 10.2. The molecule has 0 saturated carbocycles. The highest BCUT2D eigenvalue weighted by Gasteiger charge is 2.09. The van der Waals surface area contributed by atoms with Crippen molar-refractivity contribution >= 4 is 11.9 Å². The van der Waals surface area contributed by atoms with Crippen molar-refractivity contribution in [2.45, 2.75) is 26.7 Å². The molecule has 0 aliphatic rings. The summed E-state index contributed by atoms with van der Waals surface area (Å²) in [6.45, 7) is 7.03. The molecule has 0 N–H and O–H groups in total. The minimum atomic E-state index is -1.39. The van der Waals surface area contributed by atoms with Gasteiger partial charge >= 0.3 is 11.9 Å². The molecule has 83 valence electrons. The monoisotopic (exact) mass is 211 g/mol. The van der Waals surface area contributed by atoms with E-state index in [-0.39, 0.29) is 11.1 Å². The van der Waals surface area contributed by atoms with Crippen molar-refractivity contribution in [1.82, 2.24) is 0 Å². The second-order valence-corrected chi connectivity index (χ2v) is 3.13. The Kier molecular flexibility index (Phi) is 6.09. The van der Waals surface area contributed by atoms with Gasteiger partial charge in [0.1, 0.15) is 0 Å². The standard InChI is InChI=1S/C11H15O4/c1-4-5-6-15-11(14)9(3)7-8(2)10(12)13/h7H,2,4-6H2,1,3H3. The van der Waals surface area contributed by atoms with E-state index in [1.165, 1.54) is 6.92 Å². The molecular formula is C11H15O4. The SMILES string of the molecule is C=C(C=C(C)C(=O)OCCCC)C([O])=O. The number of rotatable bonds is 6. The van der Waals surface area contributed by atoms with E-state index in [2.05, 4.69) is 6.58 Å². The summed E-state index contributed by atoms with van der Waals surface area (Å²) in [6, 6.07) is 0. The van der Waals surface area contributed by atoms with Crippen LogP contribution < -0.4 is 0 Å². The Morgan fingerprint density at radius 2 is 2.00 bits per heavy atom. The zero-order valence-corrected chi connectivity index (χ0v) is 9.04. The van der Waals surface area contributed by atoms with Crippen LogP contribution >= 0.6 is 0 Å². The van der Waals surface area contributed by atoms with Crippen molar-refractivity contribution in [3.05, 3.63) is 23.8 Å². The quantitative estimate of drug-likeness (QED) is 0.291. The molecular weight excluding hydrogens is 196 g/mol. The molecule has 0 fully saturated rings. The molecule has 0 unspecified atom stereocenters. The Bertz CT molecular complexity index is 289. The molecule has 1 radical (unpaired) electrons. The maximum Gasteiger partial charge on any atom is 0.385 e. The second kappa shape index (κ2) is 6.81. The third-order valence-corrected chi connectivity index (χ3v) is 1.71. The van der Waals surface area contributed by atoms with Gasteiger partial charge in [0.05, 0.1) is 12.2 Å². The highest BCUT2D eigenvalue weighted by molar-refractivity contribution is 5.94. The van der Waals surface area contributed by atoms with E-state index in [0.29, 0.717) is 6.61 Å². The van der Waals surface area contributed by atoms with E-state index < -0.39 is 11.9 Å². The normalized spacial score (nSPS) is 10.9. The summed E-state index contributed by atoms with van der Waals surface area (Å²) in [5.74, 6) is -1.92. The number of carbonyl (C=O) groups is 2. The molecule has 0 aliphatic carbocycles. The Balaban J connectivity index is 4.19. The first-order chi connectivity index (χ1) is 6.99. The fourth-order valence-corrected chi connectivity index (χ4v) is 0.802. The number of ether oxygens (including phenoxy) is 1. The van der Waals surface area contributed by atoms with Crippen LogP contribution in [0.15, 0.2) is 23.8 Å². The van der Waals surface area contributed by atoms with E-state index in [0.717, 1.165) is 18.9 Å². The Hall–Kier alpha value is -1.58. The van der Waals surface area contributed by atoms with Crippen LogP contribution in [-0.4, -0.2) is 18.5 Å². The van der Waals surface area contributed by atoms with Gasteiger partial charge in [-0.15, -0.1) is 0 Å². The molecule has 4 heteroatoms. The average molecular weight is 211 g/mol. The molecule has 0 heterocycles. The third kappa shape index (κ3) is 5.67. The largest absolute Gasteiger partial charge is 0.462 e. The van der Waals surface area contributed by atoms with Crippen LogP contribution in [0, 0.1) is 0 Å². The lowest BCUT2D eigenvalue weighted by Gasteiger charge is -2.03. The first-order valence-electron chi connectivity index (χ1n) is 4.74. The first-order valence-corrected chi connectivity index (χ1v) is 4.74. The maximum atomic E-state index is 11.2. The predicted molar refractivity (Wildman–Crippen MR) is 54.5 cm³/mol. The van der Waals surface area contributed by atoms with Crippen molar-refractivity contribution < 1.29 is 19.4 Å². The summed E-state index contributed by atoms with van der Waals surface area (Å²) in [7, 11) is 0. The predicted octanol–water partition coefficient (Wildman–Crippen LogP) is 1.79. The minimum absolute atomic E-state index is 0.209. The highest BCUT2D eigenvalue weighted by atomic mass is 16.5. The van der Waals surface area contributed by atoms with E-state index in [9.17, 15) is 14.7 Å². The molecule has 0 saturated heterocycles. The molecule has 0 aromatic rings. The van der Waals surface area contributed by atoms with Crippen molar-refractivity contribution in [3.63, 3.8) is 0 Å². The molecule has 0 atom stereocenters. The minimum Gasteiger partial charge on any atom is -0.462 e. The van der Waals surface area contributed by atoms with Gasteiger partial charge in [-0.05, 0) is 19.4 Å². The lowest BCUT2D eigenvalue weighted by molar-refractivity contribution is -0.139. The molecule has 0 rings (SSSR count). The zero-order chi connectivity index (χ0) is 11.8. The highest BCUT2D eigenvalue weighted by Crippen LogP contribution is 2.03. The fourth-order valence-electron chi connectivity index (χ4n) is 0.802. The van der Waals surface area contributed by atoms with Crippen molar-refractivity contribution in [3.8, 4) is 0 Å². The summed E-state index contributed by atoms with van der Waals surface area (Å²) in [6.07, 6.45) is 2.87. The van der Waals surface area contributed by atoms with Crippen LogP contribution in [0.5, 0.6) is 0 Å². The van der Waals surface area contributed by atoms with Gasteiger partial charge in [-0.3, -0.25) is 0 Å². The number of unbranched alkanes of at least 4 members (excludes halogenated alkanes) is 1. The van der Waals surface area contributed by atoms with Crippen LogP contribution in [0.1, 0.15) is 26.7 Å². The number of hydrogen-bond acceptors (Lipinski definition) is 3. The molecule has 15 heavy (non-hydrogen) atoms. The third-order valence-electron chi connectivity index (χ3n) is 1.71. The fraction of sp³-hybridized carbons (Fsp3) is 0.455. The lowest BCUT2D eigenvalue weighted by Crippen LogP contribution is -2.08. The second-order valence-electron chi connectivity index (χ2n) is 3.13. The smallest absolute Gasteiger partial charge is 0.385 e. The van der Waals surface area contributed by atoms with Gasteiger partial charge in [0, 0.05) is 5.57 Å². The number of esters is 1. The molecule has 0 aliphatic heterocycles. The van der Waals surface area contributed by atoms with Gasteiger partial charge in [-0.2, -0.15) is 0 Å². The molecule has 0 bridgehead atoms. The molecule has 0 amide bonds. The first kappa shape index (κ1) is 13.4. The van der Waals surface area contributed by atoms with Gasteiger partial charge in [-0.1, -0.05) is 19.9 Å². The van der Waals surface area contributed by atoms with Crippen LogP contribution in [-0.2, 0) is 19.4 Å². The van der Waals surface area contributed by atoms with Crippen LogP contribution in [0.3, 0.4) is 0 Å². The van der Waals surface area contributed by atoms with Crippen molar-refractivity contribution in [2.24, 2.45) is 0 Å². The molecule has 0 aromatic carbocycles. The Morgan fingerprint density at radius 3 is 2.47 bits per heavy atom. The van der Waals surface area contributed by atoms with E-state index in [4.69, 9.17) is 4.74 Å². The number of hydrogen-bond donors (Lipinski definition) is 0. The number of carbonyl (C=O) groups excluding carboxylic acids is 2. The zero-order valence-electron chi connectivity index (χ0n) is 9.04. The maximum absolute atomic E-state index is 11.2. The van der Waals surface area contributed by atoms with E-state index in [1.807, 2.05) is 6.92 Å². The van der Waals surface area contributed by atoms with Gasteiger partial charge in [-0.25, -0.2) is 14.7 Å². The topological polar surface area (TPSA) is 63.3 Å². The Labute approximate surface area is 89.2 Å². The van der Waals surface area contributed by atoms with Crippen molar-refractivity contribution in [1.29, 1.82) is 0 Å². The summed E-state index contributed by atoms with van der Waals surface area (Å²) in [5.41, 5.74) is -0.0276. The summed E-state index contributed by atoms with van der Waals surface area (Å²) >= 11 is 0. The van der Waals surface area contributed by atoms with E-state index in [1.54, 1.807) is 0 Å². The molecule has 0 spiro atoms. The van der Waals surface area contributed by atoms with Gasteiger partial charge in [0.2, 0.25) is 0 Å². The van der Waals surface area contributed by atoms with Crippen molar-refractivity contribution in [2.75, 3.05) is 6.61 Å². The Morgan fingerprint density at radius 1 is 1.40 bits per heavy atom.